The average Bonchev–Trinajstić information content (AvgIpc) is 3.22. The van der Waals surface area contributed by atoms with Crippen LogP contribution in [0.15, 0.2) is 42.9 Å². The van der Waals surface area contributed by atoms with E-state index in [1.54, 1.807) is 12.4 Å². The van der Waals surface area contributed by atoms with Crippen LogP contribution in [-0.4, -0.2) is 27.4 Å². The lowest BCUT2D eigenvalue weighted by Crippen LogP contribution is -2.27. The minimum atomic E-state index is -0.0408. The molecule has 1 saturated carbocycles. The molecule has 0 unspecified atom stereocenters. The quantitative estimate of drug-likeness (QED) is 0.706. The molecule has 2 N–H and O–H groups in total. The molecule has 0 saturated heterocycles. The largest absolute Gasteiger partial charge is 0.310 e. The molecule has 0 bridgehead atoms. The molecule has 1 aliphatic rings. The summed E-state index contributed by atoms with van der Waals surface area (Å²) in [6, 6.07) is 8.00. The molecule has 2 heterocycles. The minimum absolute atomic E-state index is 0.00723. The summed E-state index contributed by atoms with van der Waals surface area (Å²) in [5.74, 6) is 0.622. The first-order valence-electron chi connectivity index (χ1n) is 8.88. The van der Waals surface area contributed by atoms with Crippen molar-refractivity contribution in [2.75, 3.05) is 5.32 Å². The Morgan fingerprint density at radius 3 is 2.65 bits per heavy atom. The molecule has 3 aromatic rings. The second-order valence-corrected chi connectivity index (χ2v) is 6.86. The highest BCUT2D eigenvalue weighted by molar-refractivity contribution is 5.95. The van der Waals surface area contributed by atoms with Crippen molar-refractivity contribution in [3.63, 3.8) is 0 Å². The number of amides is 1. The van der Waals surface area contributed by atoms with E-state index >= 15 is 0 Å². The average molecular weight is 348 g/mol. The Kier molecular flexibility index (Phi) is 4.48. The van der Waals surface area contributed by atoms with Gasteiger partial charge in [-0.3, -0.25) is 9.89 Å². The van der Waals surface area contributed by atoms with Crippen LogP contribution in [-0.2, 0) is 9.59 Å². The first-order valence-corrected chi connectivity index (χ1v) is 8.88. The molecular weight excluding hydrogens is 328 g/mol. The van der Waals surface area contributed by atoms with Gasteiger partial charge in [-0.15, -0.1) is 0 Å². The van der Waals surface area contributed by atoms with E-state index in [9.17, 15) is 9.59 Å². The monoisotopic (exact) mass is 348 g/mol. The maximum Gasteiger partial charge on any atom is 0.228 e. The standard InChI is InChI=1S/C20H20N4O2/c25-12-13-1-3-14(4-2-13)20(26)24-19-8-17-7-15(18-10-22-23-11-18)5-6-16(17)9-21-19/h5-14H,1-4H2,(H,22,23)(H,21,24,26)/t13-,14-. The Bertz CT molecular complexity index is 928. The van der Waals surface area contributed by atoms with E-state index in [2.05, 4.69) is 26.6 Å². The summed E-state index contributed by atoms with van der Waals surface area (Å²) in [7, 11) is 0. The second-order valence-electron chi connectivity index (χ2n) is 6.86. The van der Waals surface area contributed by atoms with Crippen LogP contribution in [0.4, 0.5) is 5.82 Å². The van der Waals surface area contributed by atoms with Crippen LogP contribution >= 0.6 is 0 Å². The molecule has 0 spiro atoms. The maximum absolute atomic E-state index is 12.5. The number of H-pyrrole nitrogens is 1. The molecule has 6 nitrogen and oxygen atoms in total. The fraction of sp³-hybridized carbons (Fsp3) is 0.300. The summed E-state index contributed by atoms with van der Waals surface area (Å²) in [6.45, 7) is 0. The summed E-state index contributed by atoms with van der Waals surface area (Å²) >= 11 is 0. The number of fused-ring (bicyclic) bond motifs is 1. The van der Waals surface area contributed by atoms with E-state index in [4.69, 9.17) is 0 Å². The summed E-state index contributed by atoms with van der Waals surface area (Å²) in [4.78, 5) is 27.7. The third kappa shape index (κ3) is 3.35. The Labute approximate surface area is 151 Å². The summed E-state index contributed by atoms with van der Waals surface area (Å²) < 4.78 is 0. The van der Waals surface area contributed by atoms with Crippen molar-refractivity contribution >= 4 is 28.8 Å². The lowest BCUT2D eigenvalue weighted by Gasteiger charge is -2.24. The predicted molar refractivity (Wildman–Crippen MR) is 99.5 cm³/mol. The van der Waals surface area contributed by atoms with Crippen LogP contribution in [0.3, 0.4) is 0 Å². The van der Waals surface area contributed by atoms with Gasteiger partial charge in [0, 0.05) is 35.2 Å². The van der Waals surface area contributed by atoms with Crippen molar-refractivity contribution in [1.29, 1.82) is 0 Å². The SMILES string of the molecule is O=C[C@H]1CC[C@H](C(=O)Nc2cc3cc(-c4cn[nH]c4)ccc3cn2)CC1. The third-order valence-electron chi connectivity index (χ3n) is 5.14. The lowest BCUT2D eigenvalue weighted by molar-refractivity contribution is -0.122. The summed E-state index contributed by atoms with van der Waals surface area (Å²) in [5, 5.41) is 11.8. The van der Waals surface area contributed by atoms with Gasteiger partial charge in [-0.05, 0) is 48.8 Å². The van der Waals surface area contributed by atoms with Gasteiger partial charge in [0.15, 0.2) is 0 Å². The van der Waals surface area contributed by atoms with Crippen LogP contribution in [0.25, 0.3) is 21.9 Å². The van der Waals surface area contributed by atoms with Crippen molar-refractivity contribution in [3.8, 4) is 11.1 Å². The summed E-state index contributed by atoms with van der Waals surface area (Å²) in [5.41, 5.74) is 2.07. The molecule has 1 aromatic carbocycles. The van der Waals surface area contributed by atoms with Crippen molar-refractivity contribution in [3.05, 3.63) is 42.9 Å². The zero-order valence-corrected chi connectivity index (χ0v) is 14.3. The number of carbonyl (C=O) groups excluding carboxylic acids is 2. The number of hydrogen-bond donors (Lipinski definition) is 2. The number of rotatable bonds is 4. The topological polar surface area (TPSA) is 87.7 Å². The Hall–Kier alpha value is -3.02. The van der Waals surface area contributed by atoms with Gasteiger partial charge in [0.2, 0.25) is 5.91 Å². The molecule has 1 fully saturated rings. The van der Waals surface area contributed by atoms with Crippen molar-refractivity contribution in [2.45, 2.75) is 25.7 Å². The van der Waals surface area contributed by atoms with Crippen LogP contribution in [0, 0.1) is 11.8 Å². The van der Waals surface area contributed by atoms with Gasteiger partial charge in [-0.25, -0.2) is 4.98 Å². The van der Waals surface area contributed by atoms with Crippen LogP contribution in [0.2, 0.25) is 0 Å². The minimum Gasteiger partial charge on any atom is -0.310 e. The number of hydrogen-bond acceptors (Lipinski definition) is 4. The Morgan fingerprint density at radius 2 is 1.92 bits per heavy atom. The Balaban J connectivity index is 1.51. The number of carbonyl (C=O) groups is 2. The predicted octanol–water partition coefficient (Wildman–Crippen LogP) is 3.57. The van der Waals surface area contributed by atoms with E-state index in [0.717, 1.165) is 53.9 Å². The van der Waals surface area contributed by atoms with E-state index in [1.165, 1.54) is 0 Å². The van der Waals surface area contributed by atoms with Crippen LogP contribution in [0.1, 0.15) is 25.7 Å². The third-order valence-corrected chi connectivity index (χ3v) is 5.14. The van der Waals surface area contributed by atoms with Crippen molar-refractivity contribution in [1.82, 2.24) is 15.2 Å². The molecule has 4 rings (SSSR count). The Morgan fingerprint density at radius 1 is 1.08 bits per heavy atom. The molecule has 1 amide bonds. The molecule has 0 radical (unpaired) electrons. The van der Waals surface area contributed by atoms with Gasteiger partial charge >= 0.3 is 0 Å². The molecule has 6 heteroatoms. The molecule has 1 aliphatic carbocycles. The highest BCUT2D eigenvalue weighted by Crippen LogP contribution is 2.29. The van der Waals surface area contributed by atoms with Gasteiger partial charge in [0.25, 0.3) is 0 Å². The smallest absolute Gasteiger partial charge is 0.228 e. The highest BCUT2D eigenvalue weighted by atomic mass is 16.2. The first kappa shape index (κ1) is 16.4. The van der Waals surface area contributed by atoms with Gasteiger partial charge in [0.1, 0.15) is 12.1 Å². The van der Waals surface area contributed by atoms with E-state index < -0.39 is 0 Å². The maximum atomic E-state index is 12.5. The van der Waals surface area contributed by atoms with Crippen LogP contribution in [0.5, 0.6) is 0 Å². The first-order chi connectivity index (χ1) is 12.7. The highest BCUT2D eigenvalue weighted by Gasteiger charge is 2.26. The van der Waals surface area contributed by atoms with Gasteiger partial charge in [0.05, 0.1) is 6.20 Å². The van der Waals surface area contributed by atoms with E-state index in [0.29, 0.717) is 5.82 Å². The number of nitrogens with one attached hydrogen (secondary N) is 2. The zero-order chi connectivity index (χ0) is 17.9. The number of anilines is 1. The van der Waals surface area contributed by atoms with Crippen molar-refractivity contribution < 1.29 is 9.59 Å². The number of benzene rings is 1. The van der Waals surface area contributed by atoms with E-state index in [1.807, 2.05) is 24.4 Å². The number of aromatic nitrogens is 3. The molecule has 0 aliphatic heterocycles. The van der Waals surface area contributed by atoms with Crippen molar-refractivity contribution in [2.24, 2.45) is 11.8 Å². The molecule has 0 atom stereocenters. The normalized spacial score (nSPS) is 20.0. The van der Waals surface area contributed by atoms with Crippen LogP contribution < -0.4 is 5.32 Å². The molecule has 26 heavy (non-hydrogen) atoms. The van der Waals surface area contributed by atoms with Gasteiger partial charge in [-0.2, -0.15) is 5.10 Å². The van der Waals surface area contributed by atoms with Gasteiger partial charge in [-0.1, -0.05) is 12.1 Å². The summed E-state index contributed by atoms with van der Waals surface area (Å²) in [6.07, 6.45) is 9.51. The van der Waals surface area contributed by atoms with Gasteiger partial charge < -0.3 is 10.1 Å². The fourth-order valence-corrected chi connectivity index (χ4v) is 3.54. The molecule has 2 aromatic heterocycles. The fourth-order valence-electron chi connectivity index (χ4n) is 3.54. The number of pyridine rings is 1. The lowest BCUT2D eigenvalue weighted by atomic mass is 9.82. The molecule has 132 valence electrons. The second kappa shape index (κ2) is 7.07. The van der Waals surface area contributed by atoms with E-state index in [-0.39, 0.29) is 17.7 Å². The number of aldehydes is 1. The zero-order valence-electron chi connectivity index (χ0n) is 14.3. The number of nitrogens with zero attached hydrogens (tertiary/aromatic N) is 2. The molecular formula is C20H20N4O2. The number of aromatic amines is 1.